The van der Waals surface area contributed by atoms with Gasteiger partial charge in [0.1, 0.15) is 6.54 Å². The van der Waals surface area contributed by atoms with Crippen LogP contribution < -0.4 is 4.57 Å². The number of benzene rings is 1. The molecular formula is C15H18NO2+. The zero-order chi connectivity index (χ0) is 13.0. The summed E-state index contributed by atoms with van der Waals surface area (Å²) in [5, 5.41) is 9.87. The molecule has 0 unspecified atom stereocenters. The average molecular weight is 244 g/mol. The van der Waals surface area contributed by atoms with E-state index in [9.17, 15) is 4.79 Å². The maximum Gasteiger partial charge on any atom is 0.303 e. The molecule has 1 aromatic carbocycles. The fraction of sp³-hybridized carbons (Fsp3) is 0.333. The third kappa shape index (κ3) is 2.86. The molecule has 0 atom stereocenters. The third-order valence-electron chi connectivity index (χ3n) is 3.18. The van der Waals surface area contributed by atoms with E-state index in [4.69, 9.17) is 5.11 Å². The number of nitrogens with zero attached hydrogens (tertiary/aromatic N) is 1. The summed E-state index contributed by atoms with van der Waals surface area (Å²) in [5.74, 6) is -0.714. The lowest BCUT2D eigenvalue weighted by Gasteiger charge is -2.03. The Balaban J connectivity index is 2.14. The molecular weight excluding hydrogens is 226 g/mol. The maximum atomic E-state index is 10.5. The Morgan fingerprint density at radius 1 is 1.22 bits per heavy atom. The van der Waals surface area contributed by atoms with Crippen molar-refractivity contribution in [3.05, 3.63) is 42.1 Å². The Morgan fingerprint density at radius 2 is 2.00 bits per heavy atom. The van der Waals surface area contributed by atoms with Crippen molar-refractivity contribution in [3.63, 3.8) is 0 Å². The van der Waals surface area contributed by atoms with Crippen molar-refractivity contribution in [1.82, 2.24) is 0 Å². The van der Waals surface area contributed by atoms with Crippen LogP contribution in [0.4, 0.5) is 0 Å². The van der Waals surface area contributed by atoms with Gasteiger partial charge >= 0.3 is 5.97 Å². The van der Waals surface area contributed by atoms with Crippen molar-refractivity contribution >= 4 is 16.9 Å². The molecule has 2 aromatic rings. The molecule has 3 heteroatoms. The predicted molar refractivity (Wildman–Crippen MR) is 70.4 cm³/mol. The van der Waals surface area contributed by atoms with E-state index >= 15 is 0 Å². The van der Waals surface area contributed by atoms with Gasteiger partial charge < -0.3 is 5.11 Å². The number of fused-ring (bicyclic) bond motifs is 1. The number of para-hydroxylation sites is 1. The fourth-order valence-electron chi connectivity index (χ4n) is 2.18. The number of unbranched alkanes of at least 4 members (excludes halogenated alkanes) is 1. The lowest BCUT2D eigenvalue weighted by Crippen LogP contribution is -2.34. The molecule has 0 spiro atoms. The highest BCUT2D eigenvalue weighted by Crippen LogP contribution is 2.13. The molecule has 1 heterocycles. The van der Waals surface area contributed by atoms with Gasteiger partial charge in [-0.1, -0.05) is 12.1 Å². The second kappa shape index (κ2) is 5.63. The highest BCUT2D eigenvalue weighted by Gasteiger charge is 2.09. The third-order valence-corrected chi connectivity index (χ3v) is 3.18. The van der Waals surface area contributed by atoms with Crippen LogP contribution in [-0.4, -0.2) is 11.1 Å². The highest BCUT2D eigenvalue weighted by atomic mass is 16.4. The minimum atomic E-state index is -0.714. The predicted octanol–water partition coefficient (Wildman–Crippen LogP) is 2.69. The topological polar surface area (TPSA) is 41.2 Å². The van der Waals surface area contributed by atoms with Gasteiger partial charge in [0, 0.05) is 30.4 Å². The van der Waals surface area contributed by atoms with Crippen LogP contribution in [0.5, 0.6) is 0 Å². The molecule has 0 radical (unpaired) electrons. The summed E-state index contributed by atoms with van der Waals surface area (Å²) in [5.41, 5.74) is 2.49. The number of aliphatic carboxylic acids is 1. The van der Waals surface area contributed by atoms with Crippen molar-refractivity contribution in [1.29, 1.82) is 0 Å². The summed E-state index contributed by atoms with van der Waals surface area (Å²) in [7, 11) is 0. The van der Waals surface area contributed by atoms with E-state index < -0.39 is 5.97 Å². The van der Waals surface area contributed by atoms with Gasteiger partial charge in [-0.05, 0) is 25.0 Å². The number of carboxylic acid groups (broad SMARTS) is 1. The smallest absolute Gasteiger partial charge is 0.303 e. The van der Waals surface area contributed by atoms with E-state index in [0.29, 0.717) is 0 Å². The SMILES string of the molecule is Cc1cc[n+](CCCCC(=O)O)c2ccccc12. The fourth-order valence-corrected chi connectivity index (χ4v) is 2.18. The number of pyridine rings is 1. The highest BCUT2D eigenvalue weighted by molar-refractivity contribution is 5.78. The number of carbonyl (C=O) groups is 1. The second-order valence-electron chi connectivity index (χ2n) is 4.56. The van der Waals surface area contributed by atoms with Crippen LogP contribution in [0.3, 0.4) is 0 Å². The van der Waals surface area contributed by atoms with Gasteiger partial charge in [-0.3, -0.25) is 4.79 Å². The molecule has 1 N–H and O–H groups in total. The lowest BCUT2D eigenvalue weighted by atomic mass is 10.1. The second-order valence-corrected chi connectivity index (χ2v) is 4.56. The number of carboxylic acids is 1. The minimum absolute atomic E-state index is 0.254. The van der Waals surface area contributed by atoms with Crippen molar-refractivity contribution < 1.29 is 14.5 Å². The van der Waals surface area contributed by atoms with Gasteiger partial charge in [0.2, 0.25) is 5.52 Å². The summed E-state index contributed by atoms with van der Waals surface area (Å²) < 4.78 is 2.20. The Hall–Kier alpha value is -1.90. The Morgan fingerprint density at radius 3 is 2.78 bits per heavy atom. The number of hydrogen-bond donors (Lipinski definition) is 1. The van der Waals surface area contributed by atoms with Gasteiger partial charge in [-0.25, -0.2) is 0 Å². The van der Waals surface area contributed by atoms with Crippen LogP contribution in [0, 0.1) is 6.92 Å². The van der Waals surface area contributed by atoms with Crippen LogP contribution >= 0.6 is 0 Å². The van der Waals surface area contributed by atoms with Crippen molar-refractivity contribution in [2.75, 3.05) is 0 Å². The minimum Gasteiger partial charge on any atom is -0.481 e. The molecule has 3 nitrogen and oxygen atoms in total. The van der Waals surface area contributed by atoms with Crippen LogP contribution in [0.15, 0.2) is 36.5 Å². The van der Waals surface area contributed by atoms with Gasteiger partial charge in [0.25, 0.3) is 0 Å². The van der Waals surface area contributed by atoms with Crippen LogP contribution in [0.25, 0.3) is 10.9 Å². The maximum absolute atomic E-state index is 10.5. The van der Waals surface area contributed by atoms with E-state index in [1.54, 1.807) is 0 Å². The molecule has 0 saturated carbocycles. The number of aromatic nitrogens is 1. The first-order valence-electron chi connectivity index (χ1n) is 6.28. The molecule has 18 heavy (non-hydrogen) atoms. The molecule has 2 rings (SSSR count). The standard InChI is InChI=1S/C15H17NO2/c1-12-9-11-16(10-5-4-8-15(17)18)14-7-3-2-6-13(12)14/h2-3,6-7,9,11H,4-5,8,10H2,1H3/p+1. The normalized spacial score (nSPS) is 10.7. The molecule has 0 aliphatic rings. The van der Waals surface area contributed by atoms with E-state index in [2.05, 4.69) is 35.9 Å². The monoisotopic (exact) mass is 244 g/mol. The van der Waals surface area contributed by atoms with Gasteiger partial charge in [-0.2, -0.15) is 4.57 Å². The van der Waals surface area contributed by atoms with E-state index in [-0.39, 0.29) is 6.42 Å². The summed E-state index contributed by atoms with van der Waals surface area (Å²) >= 11 is 0. The summed E-state index contributed by atoms with van der Waals surface area (Å²) in [6, 6.07) is 10.4. The van der Waals surface area contributed by atoms with Gasteiger partial charge in [-0.15, -0.1) is 0 Å². The molecule has 0 aliphatic carbocycles. The zero-order valence-electron chi connectivity index (χ0n) is 10.6. The first kappa shape index (κ1) is 12.6. The Bertz CT molecular complexity index is 563. The first-order valence-corrected chi connectivity index (χ1v) is 6.28. The Kier molecular flexibility index (Phi) is 3.92. The summed E-state index contributed by atoms with van der Waals surface area (Å²) in [6.07, 6.45) is 3.96. The molecule has 0 bridgehead atoms. The van der Waals surface area contributed by atoms with E-state index in [1.165, 1.54) is 16.5 Å². The van der Waals surface area contributed by atoms with Crippen molar-refractivity contribution in [2.24, 2.45) is 0 Å². The molecule has 1 aromatic heterocycles. The number of aryl methyl sites for hydroxylation is 2. The molecule has 0 saturated heterocycles. The van der Waals surface area contributed by atoms with Gasteiger partial charge in [0.05, 0.1) is 0 Å². The lowest BCUT2D eigenvalue weighted by molar-refractivity contribution is -0.671. The van der Waals surface area contributed by atoms with E-state index in [0.717, 1.165) is 19.4 Å². The first-order chi connectivity index (χ1) is 8.68. The van der Waals surface area contributed by atoms with Crippen LogP contribution in [0.1, 0.15) is 24.8 Å². The average Bonchev–Trinajstić information content (AvgIpc) is 2.37. The van der Waals surface area contributed by atoms with Crippen molar-refractivity contribution in [3.8, 4) is 0 Å². The zero-order valence-corrected chi connectivity index (χ0v) is 10.6. The van der Waals surface area contributed by atoms with E-state index in [1.807, 2.05) is 12.1 Å². The molecule has 0 aliphatic heterocycles. The van der Waals surface area contributed by atoms with Crippen LogP contribution in [0.2, 0.25) is 0 Å². The molecule has 0 amide bonds. The summed E-state index contributed by atoms with van der Waals surface area (Å²) in [4.78, 5) is 10.5. The molecule has 0 fully saturated rings. The van der Waals surface area contributed by atoms with Crippen molar-refractivity contribution in [2.45, 2.75) is 32.7 Å². The van der Waals surface area contributed by atoms with Gasteiger partial charge in [0.15, 0.2) is 6.20 Å². The largest absolute Gasteiger partial charge is 0.481 e. The number of rotatable bonds is 5. The van der Waals surface area contributed by atoms with Crippen LogP contribution in [-0.2, 0) is 11.3 Å². The summed E-state index contributed by atoms with van der Waals surface area (Å²) in [6.45, 7) is 2.98. The Labute approximate surface area is 107 Å². The quantitative estimate of drug-likeness (QED) is 0.649. The number of hydrogen-bond acceptors (Lipinski definition) is 1. The molecule has 94 valence electrons.